The maximum atomic E-state index is 12.1. The van der Waals surface area contributed by atoms with Gasteiger partial charge in [0.15, 0.2) is 0 Å². The standard InChI is InChI=1S/C19H23N3O2/c1-2-3-11-21-18(23)15-9-7-14(8-10-15)13-22-19(24)16-5-4-6-17(20)12-16/h4-10,12H,2-3,11,13,20H2,1H3,(H,21,23)(H,22,24). The molecule has 126 valence electrons. The van der Waals surface area contributed by atoms with Crippen molar-refractivity contribution in [3.8, 4) is 0 Å². The number of nitrogens with two attached hydrogens (primary N) is 1. The molecule has 0 aliphatic carbocycles. The molecule has 2 amide bonds. The molecular formula is C19H23N3O2. The maximum absolute atomic E-state index is 12.1. The second kappa shape index (κ2) is 8.72. The van der Waals surface area contributed by atoms with Crippen molar-refractivity contribution in [1.29, 1.82) is 0 Å². The Labute approximate surface area is 142 Å². The number of nitrogen functional groups attached to an aromatic ring is 1. The number of anilines is 1. The van der Waals surface area contributed by atoms with Crippen LogP contribution in [0.3, 0.4) is 0 Å². The van der Waals surface area contributed by atoms with E-state index in [1.807, 2.05) is 12.1 Å². The predicted octanol–water partition coefficient (Wildman–Crippen LogP) is 2.73. The first-order chi connectivity index (χ1) is 11.6. The van der Waals surface area contributed by atoms with Gasteiger partial charge in [0.1, 0.15) is 0 Å². The molecule has 4 N–H and O–H groups in total. The fourth-order valence-corrected chi connectivity index (χ4v) is 2.22. The fourth-order valence-electron chi connectivity index (χ4n) is 2.22. The number of carbonyl (C=O) groups is 2. The van der Waals surface area contributed by atoms with Crippen molar-refractivity contribution in [2.45, 2.75) is 26.3 Å². The molecule has 2 aromatic carbocycles. The highest BCUT2D eigenvalue weighted by atomic mass is 16.2. The van der Waals surface area contributed by atoms with Gasteiger partial charge in [0.2, 0.25) is 0 Å². The first-order valence-corrected chi connectivity index (χ1v) is 8.11. The molecule has 2 rings (SSSR count). The number of carbonyl (C=O) groups excluding carboxylic acids is 2. The molecular weight excluding hydrogens is 302 g/mol. The van der Waals surface area contributed by atoms with Gasteiger partial charge >= 0.3 is 0 Å². The molecule has 0 aliphatic heterocycles. The summed E-state index contributed by atoms with van der Waals surface area (Å²) in [5, 5.41) is 5.71. The van der Waals surface area contributed by atoms with E-state index < -0.39 is 0 Å². The van der Waals surface area contributed by atoms with E-state index in [0.717, 1.165) is 18.4 Å². The van der Waals surface area contributed by atoms with E-state index in [1.54, 1.807) is 36.4 Å². The minimum absolute atomic E-state index is 0.0706. The Kier molecular flexibility index (Phi) is 6.37. The van der Waals surface area contributed by atoms with Gasteiger partial charge in [-0.3, -0.25) is 9.59 Å². The van der Waals surface area contributed by atoms with Gasteiger partial charge in [0, 0.05) is 29.9 Å². The first kappa shape index (κ1) is 17.5. The molecule has 0 bridgehead atoms. The van der Waals surface area contributed by atoms with E-state index in [-0.39, 0.29) is 11.8 Å². The summed E-state index contributed by atoms with van der Waals surface area (Å²) >= 11 is 0. The Morgan fingerprint density at radius 3 is 2.33 bits per heavy atom. The highest BCUT2D eigenvalue weighted by Crippen LogP contribution is 2.08. The second-order valence-corrected chi connectivity index (χ2v) is 5.61. The summed E-state index contributed by atoms with van der Waals surface area (Å²) < 4.78 is 0. The zero-order chi connectivity index (χ0) is 17.4. The molecule has 0 unspecified atom stereocenters. The Morgan fingerprint density at radius 1 is 0.958 bits per heavy atom. The number of unbranched alkanes of at least 4 members (excludes halogenated alkanes) is 1. The SMILES string of the molecule is CCCCNC(=O)c1ccc(CNC(=O)c2cccc(N)c2)cc1. The number of nitrogens with one attached hydrogen (secondary N) is 2. The Balaban J connectivity index is 1.87. The smallest absolute Gasteiger partial charge is 0.251 e. The van der Waals surface area contributed by atoms with Crippen LogP contribution in [-0.2, 0) is 6.54 Å². The third-order valence-electron chi connectivity index (χ3n) is 3.63. The van der Waals surface area contributed by atoms with Crippen LogP contribution in [0, 0.1) is 0 Å². The van der Waals surface area contributed by atoms with E-state index >= 15 is 0 Å². The molecule has 2 aromatic rings. The number of hydrogen-bond donors (Lipinski definition) is 3. The summed E-state index contributed by atoms with van der Waals surface area (Å²) in [5.74, 6) is -0.248. The monoisotopic (exact) mass is 325 g/mol. The van der Waals surface area contributed by atoms with Gasteiger partial charge in [-0.05, 0) is 42.3 Å². The lowest BCUT2D eigenvalue weighted by Crippen LogP contribution is -2.24. The molecule has 0 aromatic heterocycles. The average molecular weight is 325 g/mol. The summed E-state index contributed by atoms with van der Waals surface area (Å²) in [5.41, 5.74) is 8.31. The highest BCUT2D eigenvalue weighted by Gasteiger charge is 2.07. The van der Waals surface area contributed by atoms with Crippen molar-refractivity contribution in [3.05, 3.63) is 65.2 Å². The minimum atomic E-state index is -0.177. The van der Waals surface area contributed by atoms with Crippen LogP contribution in [0.25, 0.3) is 0 Å². The topological polar surface area (TPSA) is 84.2 Å². The van der Waals surface area contributed by atoms with Crippen LogP contribution >= 0.6 is 0 Å². The summed E-state index contributed by atoms with van der Waals surface area (Å²) in [6, 6.07) is 14.1. The molecule has 0 aliphatic rings. The molecule has 5 heteroatoms. The van der Waals surface area contributed by atoms with Gasteiger partial charge < -0.3 is 16.4 Å². The molecule has 0 spiro atoms. The Bertz CT molecular complexity index is 696. The van der Waals surface area contributed by atoms with Crippen LogP contribution in [0.15, 0.2) is 48.5 Å². The van der Waals surface area contributed by atoms with E-state index in [2.05, 4.69) is 17.6 Å². The van der Waals surface area contributed by atoms with Gasteiger partial charge in [-0.1, -0.05) is 31.5 Å². The van der Waals surface area contributed by atoms with Gasteiger partial charge in [0.05, 0.1) is 0 Å². The van der Waals surface area contributed by atoms with Crippen molar-refractivity contribution in [1.82, 2.24) is 10.6 Å². The molecule has 0 radical (unpaired) electrons. The Morgan fingerprint density at radius 2 is 1.67 bits per heavy atom. The van der Waals surface area contributed by atoms with Crippen molar-refractivity contribution >= 4 is 17.5 Å². The fraction of sp³-hybridized carbons (Fsp3) is 0.263. The highest BCUT2D eigenvalue weighted by molar-refractivity contribution is 5.95. The molecule has 0 saturated carbocycles. The lowest BCUT2D eigenvalue weighted by Gasteiger charge is -2.08. The summed E-state index contributed by atoms with van der Waals surface area (Å²) in [6.07, 6.45) is 2.02. The van der Waals surface area contributed by atoms with Crippen LogP contribution in [0.4, 0.5) is 5.69 Å². The van der Waals surface area contributed by atoms with Crippen molar-refractivity contribution in [2.24, 2.45) is 0 Å². The van der Waals surface area contributed by atoms with Crippen LogP contribution in [0.5, 0.6) is 0 Å². The third-order valence-corrected chi connectivity index (χ3v) is 3.63. The lowest BCUT2D eigenvalue weighted by molar-refractivity contribution is 0.0942. The van der Waals surface area contributed by atoms with Crippen LogP contribution < -0.4 is 16.4 Å². The zero-order valence-corrected chi connectivity index (χ0v) is 13.8. The normalized spacial score (nSPS) is 10.2. The van der Waals surface area contributed by atoms with Gasteiger partial charge in [-0.25, -0.2) is 0 Å². The molecule has 5 nitrogen and oxygen atoms in total. The van der Waals surface area contributed by atoms with Crippen LogP contribution in [0.2, 0.25) is 0 Å². The summed E-state index contributed by atoms with van der Waals surface area (Å²) in [7, 11) is 0. The average Bonchev–Trinajstić information content (AvgIpc) is 2.60. The maximum Gasteiger partial charge on any atom is 0.251 e. The van der Waals surface area contributed by atoms with Gasteiger partial charge in [0.25, 0.3) is 11.8 Å². The number of rotatable bonds is 7. The molecule has 0 fully saturated rings. The van der Waals surface area contributed by atoms with Crippen molar-refractivity contribution in [2.75, 3.05) is 12.3 Å². The summed E-state index contributed by atoms with van der Waals surface area (Å²) in [4.78, 5) is 24.0. The quantitative estimate of drug-likeness (QED) is 0.540. The number of amides is 2. The van der Waals surface area contributed by atoms with Gasteiger partial charge in [-0.15, -0.1) is 0 Å². The third kappa shape index (κ3) is 5.12. The predicted molar refractivity (Wildman–Crippen MR) is 95.7 cm³/mol. The number of benzene rings is 2. The zero-order valence-electron chi connectivity index (χ0n) is 13.8. The Hall–Kier alpha value is -2.82. The van der Waals surface area contributed by atoms with E-state index in [1.165, 1.54) is 0 Å². The molecule has 24 heavy (non-hydrogen) atoms. The van der Waals surface area contributed by atoms with Crippen LogP contribution in [0.1, 0.15) is 46.0 Å². The lowest BCUT2D eigenvalue weighted by atomic mass is 10.1. The van der Waals surface area contributed by atoms with E-state index in [0.29, 0.717) is 29.9 Å². The first-order valence-electron chi connectivity index (χ1n) is 8.11. The molecule has 0 saturated heterocycles. The van der Waals surface area contributed by atoms with Gasteiger partial charge in [-0.2, -0.15) is 0 Å². The van der Waals surface area contributed by atoms with E-state index in [4.69, 9.17) is 5.73 Å². The van der Waals surface area contributed by atoms with Crippen molar-refractivity contribution in [3.63, 3.8) is 0 Å². The summed E-state index contributed by atoms with van der Waals surface area (Å²) in [6.45, 7) is 3.16. The molecule has 0 atom stereocenters. The largest absolute Gasteiger partial charge is 0.399 e. The molecule has 0 heterocycles. The van der Waals surface area contributed by atoms with Crippen LogP contribution in [-0.4, -0.2) is 18.4 Å². The minimum Gasteiger partial charge on any atom is -0.399 e. The number of hydrogen-bond acceptors (Lipinski definition) is 3. The van der Waals surface area contributed by atoms with E-state index in [9.17, 15) is 9.59 Å². The van der Waals surface area contributed by atoms with Crippen molar-refractivity contribution < 1.29 is 9.59 Å². The second-order valence-electron chi connectivity index (χ2n) is 5.61.